The van der Waals surface area contributed by atoms with Gasteiger partial charge in [-0.3, -0.25) is 9.59 Å². The molecular formula is C23H23FN2O2. The minimum Gasteiger partial charge on any atom is -0.294 e. The van der Waals surface area contributed by atoms with Crippen LogP contribution >= 0.6 is 0 Å². The lowest BCUT2D eigenvalue weighted by Gasteiger charge is -2.42. The minimum atomic E-state index is -0.524. The lowest BCUT2D eigenvalue weighted by Crippen LogP contribution is -2.48. The fourth-order valence-corrected chi connectivity index (χ4v) is 4.47. The predicted octanol–water partition coefficient (Wildman–Crippen LogP) is 4.02. The maximum atomic E-state index is 14.5. The fourth-order valence-electron chi connectivity index (χ4n) is 4.47. The zero-order valence-corrected chi connectivity index (χ0v) is 16.1. The van der Waals surface area contributed by atoms with E-state index >= 15 is 0 Å². The van der Waals surface area contributed by atoms with Crippen molar-refractivity contribution in [2.24, 2.45) is 0 Å². The second-order valence-corrected chi connectivity index (χ2v) is 7.63. The Labute approximate surface area is 164 Å². The normalized spacial score (nSPS) is 22.6. The third kappa shape index (κ3) is 3.16. The second kappa shape index (κ2) is 7.32. The number of benzene rings is 2. The van der Waals surface area contributed by atoms with Crippen LogP contribution in [0.1, 0.15) is 42.2 Å². The quantitative estimate of drug-likeness (QED) is 0.810. The minimum absolute atomic E-state index is 0.00251. The van der Waals surface area contributed by atoms with Crippen molar-refractivity contribution in [2.45, 2.75) is 31.1 Å². The van der Waals surface area contributed by atoms with Gasteiger partial charge >= 0.3 is 0 Å². The molecule has 1 amide bonds. The van der Waals surface area contributed by atoms with Crippen LogP contribution < -0.4 is 0 Å². The van der Waals surface area contributed by atoms with Gasteiger partial charge in [0.1, 0.15) is 5.82 Å². The summed E-state index contributed by atoms with van der Waals surface area (Å²) in [6.45, 7) is 0. The molecule has 0 radical (unpaired) electrons. The van der Waals surface area contributed by atoms with Crippen LogP contribution in [0, 0.1) is 5.82 Å². The summed E-state index contributed by atoms with van der Waals surface area (Å²) in [5.74, 6) is -0.990. The molecule has 4 rings (SSSR count). The van der Waals surface area contributed by atoms with Gasteiger partial charge in [-0.2, -0.15) is 0 Å². The topological polar surface area (TPSA) is 40.6 Å². The summed E-state index contributed by atoms with van der Waals surface area (Å²) in [5.41, 5.74) is 2.81. The molecule has 0 N–H and O–H groups in total. The van der Waals surface area contributed by atoms with Crippen molar-refractivity contribution < 1.29 is 14.0 Å². The molecule has 1 heterocycles. The Kier molecular flexibility index (Phi) is 4.85. The molecule has 28 heavy (non-hydrogen) atoms. The molecule has 1 aliphatic heterocycles. The number of amides is 1. The van der Waals surface area contributed by atoms with Gasteiger partial charge in [0.15, 0.2) is 5.78 Å². The fraction of sp³-hybridized carbons (Fsp3) is 0.304. The molecule has 144 valence electrons. The van der Waals surface area contributed by atoms with E-state index in [2.05, 4.69) is 0 Å². The molecule has 0 spiro atoms. The summed E-state index contributed by atoms with van der Waals surface area (Å²) in [6, 6.07) is 16.3. The van der Waals surface area contributed by atoms with Crippen LogP contribution in [-0.2, 0) is 9.59 Å². The number of nitrogens with zero attached hydrogens (tertiary/aromatic N) is 2. The molecule has 0 bridgehead atoms. The maximum Gasteiger partial charge on any atom is 0.242 e. The van der Waals surface area contributed by atoms with Gasteiger partial charge in [0.2, 0.25) is 5.91 Å². The number of halogens is 1. The lowest BCUT2D eigenvalue weighted by atomic mass is 9.73. The van der Waals surface area contributed by atoms with Crippen molar-refractivity contribution in [1.29, 1.82) is 0 Å². The van der Waals surface area contributed by atoms with Crippen LogP contribution in [0.15, 0.2) is 65.9 Å². The van der Waals surface area contributed by atoms with E-state index in [0.29, 0.717) is 29.7 Å². The van der Waals surface area contributed by atoms with Crippen LogP contribution in [0.25, 0.3) is 0 Å². The number of allylic oxidation sites excluding steroid dienone is 2. The van der Waals surface area contributed by atoms with E-state index in [1.165, 1.54) is 6.07 Å². The summed E-state index contributed by atoms with van der Waals surface area (Å²) >= 11 is 0. The number of Topliss-reactive ketones (excluding diaryl/α,β-unsaturated/α-hetero) is 1. The number of hydrazine groups is 1. The number of hydrogen-bond acceptors (Lipinski definition) is 3. The van der Waals surface area contributed by atoms with Gasteiger partial charge in [0.25, 0.3) is 0 Å². The lowest BCUT2D eigenvalue weighted by molar-refractivity contribution is -0.143. The van der Waals surface area contributed by atoms with Crippen molar-refractivity contribution >= 4 is 11.7 Å². The van der Waals surface area contributed by atoms with Gasteiger partial charge in [-0.05, 0) is 29.5 Å². The Bertz CT molecular complexity index is 952. The maximum absolute atomic E-state index is 14.5. The molecule has 4 nitrogen and oxygen atoms in total. The standard InChI is InChI=1S/C23H23FN2O2/c1-25(2)26-20-12-16(15-8-4-3-5-9-15)13-21(27)23(20)18(14-22(26)28)17-10-6-7-11-19(17)24/h3-11,16,18H,12-14H2,1-2H3/t16-,18+/m0/s1. The third-order valence-electron chi connectivity index (χ3n) is 5.65. The van der Waals surface area contributed by atoms with Crippen LogP contribution in [0.3, 0.4) is 0 Å². The zero-order chi connectivity index (χ0) is 19.8. The molecule has 0 aromatic heterocycles. The summed E-state index contributed by atoms with van der Waals surface area (Å²) in [5, 5.41) is 3.32. The Morgan fingerprint density at radius 3 is 2.29 bits per heavy atom. The number of carbonyl (C=O) groups excluding carboxylic acids is 2. The molecule has 2 aliphatic rings. The van der Waals surface area contributed by atoms with Gasteiger partial charge < -0.3 is 0 Å². The highest BCUT2D eigenvalue weighted by atomic mass is 19.1. The van der Waals surface area contributed by atoms with Crippen LogP contribution in [0.2, 0.25) is 0 Å². The van der Waals surface area contributed by atoms with E-state index in [9.17, 15) is 14.0 Å². The Balaban J connectivity index is 1.83. The van der Waals surface area contributed by atoms with Gasteiger partial charge in [0.05, 0.1) is 0 Å². The molecule has 0 fully saturated rings. The van der Waals surface area contributed by atoms with Crippen molar-refractivity contribution in [2.75, 3.05) is 14.1 Å². The first-order valence-electron chi connectivity index (χ1n) is 9.53. The number of hydrogen-bond donors (Lipinski definition) is 0. The van der Waals surface area contributed by atoms with Crippen LogP contribution in [0.4, 0.5) is 4.39 Å². The van der Waals surface area contributed by atoms with Gasteiger partial charge in [-0.1, -0.05) is 48.5 Å². The van der Waals surface area contributed by atoms with E-state index < -0.39 is 5.92 Å². The van der Waals surface area contributed by atoms with Gasteiger partial charge in [-0.15, -0.1) is 0 Å². The van der Waals surface area contributed by atoms with E-state index in [0.717, 1.165) is 5.56 Å². The molecule has 1 aliphatic carbocycles. The first-order valence-corrected chi connectivity index (χ1v) is 9.53. The summed E-state index contributed by atoms with van der Waals surface area (Å²) < 4.78 is 14.5. The summed E-state index contributed by atoms with van der Waals surface area (Å²) in [7, 11) is 3.59. The molecule has 0 saturated heterocycles. The molecule has 5 heteroatoms. The first-order chi connectivity index (χ1) is 13.5. The molecule has 0 saturated carbocycles. The van der Waals surface area contributed by atoms with Crippen molar-refractivity contribution in [3.8, 4) is 0 Å². The predicted molar refractivity (Wildman–Crippen MR) is 105 cm³/mol. The van der Waals surface area contributed by atoms with Crippen LogP contribution in [-0.4, -0.2) is 35.8 Å². The highest BCUT2D eigenvalue weighted by molar-refractivity contribution is 6.02. The smallest absolute Gasteiger partial charge is 0.242 e. The van der Waals surface area contributed by atoms with Crippen molar-refractivity contribution in [1.82, 2.24) is 10.0 Å². The zero-order valence-electron chi connectivity index (χ0n) is 16.1. The number of rotatable bonds is 3. The van der Waals surface area contributed by atoms with E-state index in [-0.39, 0.29) is 29.8 Å². The Morgan fingerprint density at radius 1 is 0.929 bits per heavy atom. The van der Waals surface area contributed by atoms with E-state index in [1.54, 1.807) is 42.3 Å². The van der Waals surface area contributed by atoms with E-state index in [1.807, 2.05) is 30.3 Å². The first kappa shape index (κ1) is 18.6. The molecule has 0 unspecified atom stereocenters. The summed E-state index contributed by atoms with van der Waals surface area (Å²) in [6.07, 6.45) is 1.06. The monoisotopic (exact) mass is 378 g/mol. The van der Waals surface area contributed by atoms with Gasteiger partial charge in [-0.25, -0.2) is 14.4 Å². The van der Waals surface area contributed by atoms with Crippen LogP contribution in [0.5, 0.6) is 0 Å². The second-order valence-electron chi connectivity index (χ2n) is 7.63. The average molecular weight is 378 g/mol. The molecule has 2 aromatic carbocycles. The summed E-state index contributed by atoms with van der Waals surface area (Å²) in [4.78, 5) is 26.2. The number of ketones is 1. The molecule has 2 atom stereocenters. The Hall–Kier alpha value is -2.79. The number of carbonyl (C=O) groups is 2. The molecular weight excluding hydrogens is 355 g/mol. The molecule has 2 aromatic rings. The Morgan fingerprint density at radius 2 is 1.61 bits per heavy atom. The highest BCUT2D eigenvalue weighted by Gasteiger charge is 2.43. The average Bonchev–Trinajstić information content (AvgIpc) is 2.67. The van der Waals surface area contributed by atoms with E-state index in [4.69, 9.17) is 0 Å². The highest BCUT2D eigenvalue weighted by Crippen LogP contribution is 2.46. The van der Waals surface area contributed by atoms with Crippen molar-refractivity contribution in [3.05, 3.63) is 82.8 Å². The third-order valence-corrected chi connectivity index (χ3v) is 5.65. The SMILES string of the molecule is CN(C)N1C(=O)C[C@H](c2ccccc2F)C2=C1C[C@H](c1ccccc1)CC2=O. The van der Waals surface area contributed by atoms with Gasteiger partial charge in [0, 0.05) is 44.1 Å². The largest absolute Gasteiger partial charge is 0.294 e. The van der Waals surface area contributed by atoms with Crippen molar-refractivity contribution in [3.63, 3.8) is 0 Å².